The number of nitrogens with zero attached hydrogens (tertiary/aromatic N) is 1. The van der Waals surface area contributed by atoms with E-state index in [1.54, 1.807) is 0 Å². The zero-order valence-electron chi connectivity index (χ0n) is 12.3. The van der Waals surface area contributed by atoms with Crippen molar-refractivity contribution in [2.24, 2.45) is 5.92 Å². The Morgan fingerprint density at radius 1 is 1.24 bits per heavy atom. The molecule has 0 aromatic carbocycles. The summed E-state index contributed by atoms with van der Waals surface area (Å²) in [6, 6.07) is 1.49. The van der Waals surface area contributed by atoms with E-state index in [0.717, 1.165) is 25.0 Å². The van der Waals surface area contributed by atoms with E-state index >= 15 is 0 Å². The lowest BCUT2D eigenvalue weighted by atomic mass is 9.99. The van der Waals surface area contributed by atoms with Crippen LogP contribution in [0.1, 0.15) is 59.8 Å². The molecule has 102 valence electrons. The van der Waals surface area contributed by atoms with E-state index < -0.39 is 0 Å². The van der Waals surface area contributed by atoms with Crippen molar-refractivity contribution in [2.45, 2.75) is 71.9 Å². The summed E-state index contributed by atoms with van der Waals surface area (Å²) in [5.74, 6) is 0.752. The molecule has 1 saturated heterocycles. The maximum absolute atomic E-state index is 3.56. The minimum Gasteiger partial charge on any atom is -0.316 e. The molecule has 2 nitrogen and oxygen atoms in total. The van der Waals surface area contributed by atoms with Crippen molar-refractivity contribution in [2.75, 3.05) is 19.6 Å². The smallest absolute Gasteiger partial charge is 0.0107 e. The molecule has 1 heterocycles. The van der Waals surface area contributed by atoms with Crippen LogP contribution in [0.5, 0.6) is 0 Å². The second-order valence-electron chi connectivity index (χ2n) is 5.86. The van der Waals surface area contributed by atoms with Crippen LogP contribution in [0.3, 0.4) is 0 Å². The Bertz CT molecular complexity index is 193. The standard InChI is InChI=1S/C15H32N2/c1-5-10-16-12-13(2)15(4)17-11-8-6-7-9-14(17)3/h13-16H,5-12H2,1-4H3. The highest BCUT2D eigenvalue weighted by molar-refractivity contribution is 4.80. The molecule has 17 heavy (non-hydrogen) atoms. The molecule has 3 atom stereocenters. The maximum Gasteiger partial charge on any atom is 0.0107 e. The highest BCUT2D eigenvalue weighted by atomic mass is 15.2. The Morgan fingerprint density at radius 2 is 2.00 bits per heavy atom. The first-order valence-electron chi connectivity index (χ1n) is 7.63. The first-order valence-corrected chi connectivity index (χ1v) is 7.63. The highest BCUT2D eigenvalue weighted by Crippen LogP contribution is 2.21. The van der Waals surface area contributed by atoms with Gasteiger partial charge in [0.05, 0.1) is 0 Å². The SMILES string of the molecule is CCCNCC(C)C(C)N1CCCCCC1C. The third kappa shape index (κ3) is 4.97. The summed E-state index contributed by atoms with van der Waals surface area (Å²) < 4.78 is 0. The van der Waals surface area contributed by atoms with Gasteiger partial charge in [0.25, 0.3) is 0 Å². The third-order valence-electron chi connectivity index (χ3n) is 4.34. The number of hydrogen-bond acceptors (Lipinski definition) is 2. The lowest BCUT2D eigenvalue weighted by molar-refractivity contribution is 0.118. The molecule has 0 bridgehead atoms. The average Bonchev–Trinajstić information content (AvgIpc) is 2.53. The van der Waals surface area contributed by atoms with Crippen LogP contribution in [0.25, 0.3) is 0 Å². The van der Waals surface area contributed by atoms with Crippen LogP contribution in [-0.4, -0.2) is 36.6 Å². The van der Waals surface area contributed by atoms with Crippen molar-refractivity contribution in [3.8, 4) is 0 Å². The lowest BCUT2D eigenvalue weighted by Gasteiger charge is -2.36. The van der Waals surface area contributed by atoms with E-state index in [1.807, 2.05) is 0 Å². The van der Waals surface area contributed by atoms with Gasteiger partial charge >= 0.3 is 0 Å². The van der Waals surface area contributed by atoms with Crippen molar-refractivity contribution in [1.29, 1.82) is 0 Å². The molecule has 0 aromatic heterocycles. The van der Waals surface area contributed by atoms with Crippen molar-refractivity contribution < 1.29 is 0 Å². The fourth-order valence-electron chi connectivity index (χ4n) is 2.91. The molecule has 0 aliphatic carbocycles. The zero-order chi connectivity index (χ0) is 12.7. The number of nitrogens with one attached hydrogen (secondary N) is 1. The summed E-state index contributed by atoms with van der Waals surface area (Å²) >= 11 is 0. The fraction of sp³-hybridized carbons (Fsp3) is 1.00. The van der Waals surface area contributed by atoms with E-state index in [1.165, 1.54) is 38.6 Å². The highest BCUT2D eigenvalue weighted by Gasteiger charge is 2.25. The van der Waals surface area contributed by atoms with Crippen LogP contribution in [-0.2, 0) is 0 Å². The van der Waals surface area contributed by atoms with Crippen LogP contribution in [0, 0.1) is 5.92 Å². The van der Waals surface area contributed by atoms with Gasteiger partial charge in [-0.15, -0.1) is 0 Å². The van der Waals surface area contributed by atoms with E-state index in [-0.39, 0.29) is 0 Å². The van der Waals surface area contributed by atoms with Gasteiger partial charge in [-0.25, -0.2) is 0 Å². The second-order valence-corrected chi connectivity index (χ2v) is 5.86. The van der Waals surface area contributed by atoms with Gasteiger partial charge in [0.15, 0.2) is 0 Å². The normalized spacial score (nSPS) is 26.5. The molecule has 3 unspecified atom stereocenters. The molecule has 0 spiro atoms. The predicted molar refractivity (Wildman–Crippen MR) is 76.4 cm³/mol. The Balaban J connectivity index is 2.39. The molecule has 0 aromatic rings. The zero-order valence-corrected chi connectivity index (χ0v) is 12.3. The van der Waals surface area contributed by atoms with E-state index in [0.29, 0.717) is 6.04 Å². The monoisotopic (exact) mass is 240 g/mol. The summed E-state index contributed by atoms with van der Waals surface area (Å²) in [5, 5.41) is 3.56. The van der Waals surface area contributed by atoms with Gasteiger partial charge in [0.1, 0.15) is 0 Å². The van der Waals surface area contributed by atoms with Gasteiger partial charge in [0.2, 0.25) is 0 Å². The molecule has 0 amide bonds. The predicted octanol–water partition coefficient (Wildman–Crippen LogP) is 3.28. The van der Waals surface area contributed by atoms with Crippen LogP contribution >= 0.6 is 0 Å². The molecule has 1 N–H and O–H groups in total. The molecule has 1 aliphatic rings. The number of rotatable bonds is 6. The minimum absolute atomic E-state index is 0.715. The van der Waals surface area contributed by atoms with E-state index in [9.17, 15) is 0 Å². The van der Waals surface area contributed by atoms with Gasteiger partial charge in [-0.1, -0.05) is 26.7 Å². The summed E-state index contributed by atoms with van der Waals surface area (Å²) in [4.78, 5) is 2.74. The molecule has 1 aliphatic heterocycles. The molecular formula is C15H32N2. The topological polar surface area (TPSA) is 15.3 Å². The summed E-state index contributed by atoms with van der Waals surface area (Å²) in [7, 11) is 0. The summed E-state index contributed by atoms with van der Waals surface area (Å²) in [6.45, 7) is 13.1. The fourth-order valence-corrected chi connectivity index (χ4v) is 2.91. The molecule has 1 rings (SSSR count). The Morgan fingerprint density at radius 3 is 2.71 bits per heavy atom. The third-order valence-corrected chi connectivity index (χ3v) is 4.34. The van der Waals surface area contributed by atoms with Crippen molar-refractivity contribution >= 4 is 0 Å². The van der Waals surface area contributed by atoms with Gasteiger partial charge in [-0.2, -0.15) is 0 Å². The molecule has 0 saturated carbocycles. The van der Waals surface area contributed by atoms with Crippen LogP contribution in [0.4, 0.5) is 0 Å². The van der Waals surface area contributed by atoms with E-state index in [2.05, 4.69) is 37.9 Å². The van der Waals surface area contributed by atoms with Gasteiger partial charge in [0, 0.05) is 12.1 Å². The van der Waals surface area contributed by atoms with E-state index in [4.69, 9.17) is 0 Å². The second kappa shape index (κ2) is 8.10. The Kier molecular flexibility index (Phi) is 7.14. The van der Waals surface area contributed by atoms with Gasteiger partial charge in [-0.3, -0.25) is 4.90 Å². The maximum atomic E-state index is 3.56. The largest absolute Gasteiger partial charge is 0.316 e. The van der Waals surface area contributed by atoms with Gasteiger partial charge < -0.3 is 5.32 Å². The van der Waals surface area contributed by atoms with Crippen molar-refractivity contribution in [3.63, 3.8) is 0 Å². The van der Waals surface area contributed by atoms with Gasteiger partial charge in [-0.05, 0) is 58.7 Å². The van der Waals surface area contributed by atoms with Crippen molar-refractivity contribution in [1.82, 2.24) is 10.2 Å². The van der Waals surface area contributed by atoms with Crippen LogP contribution in [0.2, 0.25) is 0 Å². The minimum atomic E-state index is 0.715. The van der Waals surface area contributed by atoms with Crippen molar-refractivity contribution in [3.05, 3.63) is 0 Å². The quantitative estimate of drug-likeness (QED) is 0.717. The molecular weight excluding hydrogens is 208 g/mol. The molecule has 0 radical (unpaired) electrons. The molecule has 1 fully saturated rings. The summed E-state index contributed by atoms with van der Waals surface area (Å²) in [5.41, 5.74) is 0. The Hall–Kier alpha value is -0.0800. The summed E-state index contributed by atoms with van der Waals surface area (Å²) in [6.07, 6.45) is 6.87. The average molecular weight is 240 g/mol. The molecule has 2 heteroatoms. The lowest BCUT2D eigenvalue weighted by Crippen LogP contribution is -2.45. The van der Waals surface area contributed by atoms with Crippen LogP contribution in [0.15, 0.2) is 0 Å². The first kappa shape index (κ1) is 15.0. The number of hydrogen-bond donors (Lipinski definition) is 1. The Labute approximate surface area is 108 Å². The first-order chi connectivity index (χ1) is 8.16. The number of likely N-dealkylation sites (tertiary alicyclic amines) is 1. The van der Waals surface area contributed by atoms with Crippen LogP contribution < -0.4 is 5.32 Å².